The van der Waals surface area contributed by atoms with E-state index in [0.717, 1.165) is 22.5 Å². The van der Waals surface area contributed by atoms with E-state index in [-0.39, 0.29) is 5.82 Å². The number of rotatable bonds is 3. The minimum absolute atomic E-state index is 0.252. The summed E-state index contributed by atoms with van der Waals surface area (Å²) in [4.78, 5) is 7.35. The van der Waals surface area contributed by atoms with Crippen LogP contribution in [0.25, 0.3) is 23.4 Å². The topological polar surface area (TPSA) is 52.5 Å². The summed E-state index contributed by atoms with van der Waals surface area (Å²) < 4.78 is 12.9. The number of pyridine rings is 1. The van der Waals surface area contributed by atoms with Crippen molar-refractivity contribution >= 4 is 12.2 Å². The Kier molecular flexibility index (Phi) is 3.80. The summed E-state index contributed by atoms with van der Waals surface area (Å²) in [5.74, 6) is -0.252. The van der Waals surface area contributed by atoms with Gasteiger partial charge in [-0.25, -0.2) is 4.39 Å². The van der Waals surface area contributed by atoms with Gasteiger partial charge in [0.15, 0.2) is 0 Å². The number of halogens is 1. The molecule has 2 heterocycles. The first-order chi connectivity index (χ1) is 10.7. The Balaban J connectivity index is 1.85. The standard InChI is InChI=1S/C18H12FN3/c19-16-4-1-13(2-5-16)3-6-17-10-15(7-8-21-17)18-9-14(11-20)12-22-18/h1-10,12,22H/b6-3+. The first-order valence-electron chi connectivity index (χ1n) is 6.73. The average molecular weight is 289 g/mol. The van der Waals surface area contributed by atoms with Crippen molar-refractivity contribution in [2.75, 3.05) is 0 Å². The fourth-order valence-corrected chi connectivity index (χ4v) is 2.09. The summed E-state index contributed by atoms with van der Waals surface area (Å²) in [6, 6.07) is 13.9. The highest BCUT2D eigenvalue weighted by atomic mass is 19.1. The maximum Gasteiger partial charge on any atom is 0.123 e. The zero-order valence-electron chi connectivity index (χ0n) is 11.6. The summed E-state index contributed by atoms with van der Waals surface area (Å²) in [5.41, 5.74) is 4.11. The van der Waals surface area contributed by atoms with E-state index >= 15 is 0 Å². The normalized spacial score (nSPS) is 10.7. The van der Waals surface area contributed by atoms with E-state index in [0.29, 0.717) is 5.56 Å². The Morgan fingerprint density at radius 2 is 1.91 bits per heavy atom. The number of hydrogen-bond donors (Lipinski definition) is 1. The number of nitrogens with one attached hydrogen (secondary N) is 1. The zero-order chi connectivity index (χ0) is 15.4. The van der Waals surface area contributed by atoms with Gasteiger partial charge in [-0.05, 0) is 42.0 Å². The van der Waals surface area contributed by atoms with E-state index in [9.17, 15) is 4.39 Å². The van der Waals surface area contributed by atoms with Crippen molar-refractivity contribution in [1.82, 2.24) is 9.97 Å². The van der Waals surface area contributed by atoms with Crippen molar-refractivity contribution in [3.05, 3.63) is 77.5 Å². The minimum atomic E-state index is -0.252. The quantitative estimate of drug-likeness (QED) is 0.783. The fraction of sp³-hybridized carbons (Fsp3) is 0. The van der Waals surface area contributed by atoms with E-state index in [4.69, 9.17) is 5.26 Å². The molecule has 0 atom stereocenters. The van der Waals surface area contributed by atoms with Crippen molar-refractivity contribution in [1.29, 1.82) is 5.26 Å². The molecule has 106 valence electrons. The molecule has 0 aliphatic rings. The molecule has 1 aromatic carbocycles. The number of aromatic nitrogens is 2. The SMILES string of the molecule is N#Cc1c[nH]c(-c2ccnc(/C=C/c3ccc(F)cc3)c2)c1. The van der Waals surface area contributed by atoms with Gasteiger partial charge in [-0.3, -0.25) is 4.98 Å². The van der Waals surface area contributed by atoms with Crippen LogP contribution in [0.3, 0.4) is 0 Å². The Morgan fingerprint density at radius 3 is 2.64 bits per heavy atom. The fourth-order valence-electron chi connectivity index (χ4n) is 2.09. The maximum atomic E-state index is 12.9. The Labute approximate surface area is 127 Å². The summed E-state index contributed by atoms with van der Waals surface area (Å²) in [6.45, 7) is 0. The van der Waals surface area contributed by atoms with Gasteiger partial charge in [0, 0.05) is 23.7 Å². The summed E-state index contributed by atoms with van der Waals surface area (Å²) in [6.07, 6.45) is 7.13. The molecule has 3 rings (SSSR count). The third-order valence-electron chi connectivity index (χ3n) is 3.22. The van der Waals surface area contributed by atoms with Crippen LogP contribution in [0.1, 0.15) is 16.8 Å². The summed E-state index contributed by atoms with van der Waals surface area (Å²) >= 11 is 0. The third kappa shape index (κ3) is 3.10. The van der Waals surface area contributed by atoms with Crippen LogP contribution >= 0.6 is 0 Å². The second kappa shape index (κ2) is 6.06. The third-order valence-corrected chi connectivity index (χ3v) is 3.22. The zero-order valence-corrected chi connectivity index (χ0v) is 11.6. The lowest BCUT2D eigenvalue weighted by atomic mass is 10.1. The number of H-pyrrole nitrogens is 1. The molecule has 0 unspecified atom stereocenters. The number of nitriles is 1. The molecule has 0 aliphatic carbocycles. The first kappa shape index (κ1) is 13.8. The molecule has 4 heteroatoms. The largest absolute Gasteiger partial charge is 0.360 e. The van der Waals surface area contributed by atoms with Crippen LogP contribution in [0.4, 0.5) is 4.39 Å². The smallest absolute Gasteiger partial charge is 0.123 e. The number of nitrogens with zero attached hydrogens (tertiary/aromatic N) is 2. The lowest BCUT2D eigenvalue weighted by Gasteiger charge is -1.99. The van der Waals surface area contributed by atoms with Gasteiger partial charge in [-0.2, -0.15) is 5.26 Å². The predicted octanol–water partition coefficient (Wildman–Crippen LogP) is 4.26. The molecule has 22 heavy (non-hydrogen) atoms. The summed E-state index contributed by atoms with van der Waals surface area (Å²) in [7, 11) is 0. The van der Waals surface area contributed by atoms with Crippen LogP contribution in [0.5, 0.6) is 0 Å². The Bertz CT molecular complexity index is 855. The molecule has 0 saturated heterocycles. The van der Waals surface area contributed by atoms with Gasteiger partial charge in [-0.15, -0.1) is 0 Å². The van der Waals surface area contributed by atoms with Gasteiger partial charge in [0.05, 0.1) is 11.3 Å². The van der Waals surface area contributed by atoms with Gasteiger partial charge >= 0.3 is 0 Å². The van der Waals surface area contributed by atoms with Crippen LogP contribution in [-0.2, 0) is 0 Å². The Morgan fingerprint density at radius 1 is 1.09 bits per heavy atom. The van der Waals surface area contributed by atoms with Crippen molar-refractivity contribution in [2.45, 2.75) is 0 Å². The lowest BCUT2D eigenvalue weighted by Crippen LogP contribution is -1.83. The van der Waals surface area contributed by atoms with Crippen molar-refractivity contribution in [3.8, 4) is 17.3 Å². The minimum Gasteiger partial charge on any atom is -0.360 e. The van der Waals surface area contributed by atoms with Crippen LogP contribution in [0.15, 0.2) is 54.9 Å². The summed E-state index contributed by atoms with van der Waals surface area (Å²) in [5, 5.41) is 8.86. The van der Waals surface area contributed by atoms with E-state index in [1.807, 2.05) is 24.3 Å². The lowest BCUT2D eigenvalue weighted by molar-refractivity contribution is 0.628. The highest BCUT2D eigenvalue weighted by Crippen LogP contribution is 2.20. The van der Waals surface area contributed by atoms with Gasteiger partial charge < -0.3 is 4.98 Å². The molecule has 3 nitrogen and oxygen atoms in total. The molecule has 0 amide bonds. The molecular formula is C18H12FN3. The van der Waals surface area contributed by atoms with Crippen molar-refractivity contribution in [2.24, 2.45) is 0 Å². The van der Waals surface area contributed by atoms with E-state index in [1.54, 1.807) is 30.6 Å². The van der Waals surface area contributed by atoms with Crippen molar-refractivity contribution < 1.29 is 4.39 Å². The van der Waals surface area contributed by atoms with E-state index < -0.39 is 0 Å². The molecule has 0 fully saturated rings. The molecule has 0 bridgehead atoms. The highest BCUT2D eigenvalue weighted by Gasteiger charge is 2.02. The molecule has 0 spiro atoms. The van der Waals surface area contributed by atoms with E-state index in [2.05, 4.69) is 16.0 Å². The molecule has 0 radical (unpaired) electrons. The number of aromatic amines is 1. The van der Waals surface area contributed by atoms with Crippen molar-refractivity contribution in [3.63, 3.8) is 0 Å². The van der Waals surface area contributed by atoms with Crippen LogP contribution < -0.4 is 0 Å². The van der Waals surface area contributed by atoms with Gasteiger partial charge in [-0.1, -0.05) is 18.2 Å². The second-order valence-electron chi connectivity index (χ2n) is 4.77. The van der Waals surface area contributed by atoms with Gasteiger partial charge in [0.2, 0.25) is 0 Å². The van der Waals surface area contributed by atoms with Crippen LogP contribution in [0.2, 0.25) is 0 Å². The highest BCUT2D eigenvalue weighted by molar-refractivity contribution is 5.71. The Hall–Kier alpha value is -3.19. The molecule has 0 saturated carbocycles. The molecule has 1 N–H and O–H groups in total. The molecule has 0 aliphatic heterocycles. The number of hydrogen-bond acceptors (Lipinski definition) is 2. The predicted molar refractivity (Wildman–Crippen MR) is 84.1 cm³/mol. The average Bonchev–Trinajstić information content (AvgIpc) is 3.04. The molecule has 3 aromatic rings. The molecular weight excluding hydrogens is 277 g/mol. The monoisotopic (exact) mass is 289 g/mol. The number of benzene rings is 1. The van der Waals surface area contributed by atoms with E-state index in [1.165, 1.54) is 12.1 Å². The van der Waals surface area contributed by atoms with Gasteiger partial charge in [0.25, 0.3) is 0 Å². The van der Waals surface area contributed by atoms with Crippen LogP contribution in [0, 0.1) is 17.1 Å². The second-order valence-corrected chi connectivity index (χ2v) is 4.77. The maximum absolute atomic E-state index is 12.9. The van der Waals surface area contributed by atoms with Gasteiger partial charge in [0.1, 0.15) is 11.9 Å². The first-order valence-corrected chi connectivity index (χ1v) is 6.73. The molecule has 2 aromatic heterocycles. The van der Waals surface area contributed by atoms with Crippen LogP contribution in [-0.4, -0.2) is 9.97 Å².